The van der Waals surface area contributed by atoms with Crippen molar-refractivity contribution in [1.29, 1.82) is 0 Å². The van der Waals surface area contributed by atoms with E-state index in [-0.39, 0.29) is 0 Å². The molecular formula is C16H11NOS. The molecule has 0 radical (unpaired) electrons. The summed E-state index contributed by atoms with van der Waals surface area (Å²) >= 11 is 1.72. The largest absolute Gasteiger partial charge is 0.488 e. The molecule has 0 N–H and O–H groups in total. The minimum atomic E-state index is 0.594. The van der Waals surface area contributed by atoms with Gasteiger partial charge in [0.2, 0.25) is 0 Å². The van der Waals surface area contributed by atoms with Crippen LogP contribution in [0.2, 0.25) is 0 Å². The van der Waals surface area contributed by atoms with Gasteiger partial charge in [0.05, 0.1) is 10.2 Å². The lowest BCUT2D eigenvalue weighted by Gasteiger charge is -2.16. The zero-order valence-corrected chi connectivity index (χ0v) is 11.0. The van der Waals surface area contributed by atoms with Crippen LogP contribution in [0.5, 0.6) is 5.75 Å². The third kappa shape index (κ3) is 1.83. The molecule has 0 saturated heterocycles. The van der Waals surface area contributed by atoms with Gasteiger partial charge in [-0.25, -0.2) is 4.98 Å². The Morgan fingerprint density at radius 2 is 1.84 bits per heavy atom. The number of rotatable bonds is 1. The van der Waals surface area contributed by atoms with Crippen LogP contribution in [0.3, 0.4) is 0 Å². The SMILES string of the molecule is C1=C(c2nc3ccccc3s2)COc2ccccc21. The van der Waals surface area contributed by atoms with E-state index in [9.17, 15) is 0 Å². The molecule has 92 valence electrons. The van der Waals surface area contributed by atoms with E-state index < -0.39 is 0 Å². The molecule has 2 nitrogen and oxygen atoms in total. The molecule has 2 heterocycles. The molecule has 0 atom stereocenters. The second-order valence-corrected chi connectivity index (χ2v) is 5.51. The standard InChI is InChI=1S/C16H11NOS/c1-3-7-14-11(5-1)9-12(10-18-14)16-17-13-6-2-4-8-15(13)19-16/h1-9H,10H2. The van der Waals surface area contributed by atoms with Crippen molar-refractivity contribution in [2.75, 3.05) is 6.61 Å². The average Bonchev–Trinajstić information content (AvgIpc) is 2.90. The molecule has 4 rings (SSSR count). The van der Waals surface area contributed by atoms with Crippen LogP contribution in [0.15, 0.2) is 48.5 Å². The van der Waals surface area contributed by atoms with Crippen LogP contribution in [-0.2, 0) is 0 Å². The topological polar surface area (TPSA) is 22.1 Å². The Hall–Kier alpha value is -2.13. The first-order chi connectivity index (χ1) is 9.40. The highest BCUT2D eigenvalue weighted by Crippen LogP contribution is 2.33. The first-order valence-electron chi connectivity index (χ1n) is 6.18. The molecule has 3 heteroatoms. The Labute approximate surface area is 115 Å². The zero-order valence-electron chi connectivity index (χ0n) is 10.2. The normalized spacial score (nSPS) is 13.8. The summed E-state index contributed by atoms with van der Waals surface area (Å²) in [6, 6.07) is 16.3. The first kappa shape index (κ1) is 10.8. The maximum absolute atomic E-state index is 5.78. The number of hydrogen-bond donors (Lipinski definition) is 0. The summed E-state index contributed by atoms with van der Waals surface area (Å²) in [6.45, 7) is 0.594. The molecule has 19 heavy (non-hydrogen) atoms. The number of thiazole rings is 1. The summed E-state index contributed by atoms with van der Waals surface area (Å²) in [5, 5.41) is 1.05. The van der Waals surface area contributed by atoms with Crippen molar-refractivity contribution in [2.24, 2.45) is 0 Å². The number of ether oxygens (including phenoxy) is 1. The van der Waals surface area contributed by atoms with E-state index in [4.69, 9.17) is 4.74 Å². The molecule has 2 aromatic carbocycles. The summed E-state index contributed by atoms with van der Waals surface area (Å²) in [5.74, 6) is 0.951. The summed E-state index contributed by atoms with van der Waals surface area (Å²) in [4.78, 5) is 4.68. The molecule has 0 bridgehead atoms. The number of benzene rings is 2. The monoisotopic (exact) mass is 265 g/mol. The number of fused-ring (bicyclic) bond motifs is 2. The quantitative estimate of drug-likeness (QED) is 0.657. The highest BCUT2D eigenvalue weighted by atomic mass is 32.1. The smallest absolute Gasteiger partial charge is 0.127 e. The predicted molar refractivity (Wildman–Crippen MR) is 79.4 cm³/mol. The molecular weight excluding hydrogens is 254 g/mol. The van der Waals surface area contributed by atoms with E-state index in [0.29, 0.717) is 6.61 Å². The predicted octanol–water partition coefficient (Wildman–Crippen LogP) is 4.23. The maximum Gasteiger partial charge on any atom is 0.127 e. The minimum Gasteiger partial charge on any atom is -0.488 e. The Morgan fingerprint density at radius 1 is 1.00 bits per heavy atom. The van der Waals surface area contributed by atoms with Crippen molar-refractivity contribution in [1.82, 2.24) is 4.98 Å². The van der Waals surface area contributed by atoms with Crippen molar-refractivity contribution in [3.63, 3.8) is 0 Å². The van der Waals surface area contributed by atoms with Crippen molar-refractivity contribution >= 4 is 33.2 Å². The molecule has 1 aliphatic rings. The Morgan fingerprint density at radius 3 is 2.79 bits per heavy atom. The number of para-hydroxylation sites is 2. The highest BCUT2D eigenvalue weighted by molar-refractivity contribution is 7.19. The fraction of sp³-hybridized carbons (Fsp3) is 0.0625. The fourth-order valence-corrected chi connectivity index (χ4v) is 3.22. The molecule has 0 unspecified atom stereocenters. The lowest BCUT2D eigenvalue weighted by atomic mass is 10.1. The van der Waals surface area contributed by atoms with Crippen molar-refractivity contribution in [2.45, 2.75) is 0 Å². The minimum absolute atomic E-state index is 0.594. The van der Waals surface area contributed by atoms with Gasteiger partial charge in [0.25, 0.3) is 0 Å². The Bertz CT molecular complexity index is 755. The van der Waals surface area contributed by atoms with Crippen LogP contribution in [0, 0.1) is 0 Å². The van der Waals surface area contributed by atoms with Crippen LogP contribution in [0.25, 0.3) is 21.9 Å². The van der Waals surface area contributed by atoms with Gasteiger partial charge in [-0.3, -0.25) is 0 Å². The summed E-state index contributed by atoms with van der Waals surface area (Å²) in [5.41, 5.74) is 3.34. The first-order valence-corrected chi connectivity index (χ1v) is 7.00. The van der Waals surface area contributed by atoms with Gasteiger partial charge in [-0.2, -0.15) is 0 Å². The Kier molecular flexibility index (Phi) is 2.38. The van der Waals surface area contributed by atoms with E-state index >= 15 is 0 Å². The third-order valence-corrected chi connectivity index (χ3v) is 4.31. The number of hydrogen-bond acceptors (Lipinski definition) is 3. The number of nitrogens with zero attached hydrogens (tertiary/aromatic N) is 1. The molecule has 1 aromatic heterocycles. The summed E-state index contributed by atoms with van der Waals surface area (Å²) in [7, 11) is 0. The van der Waals surface area contributed by atoms with E-state index in [0.717, 1.165) is 27.4 Å². The maximum atomic E-state index is 5.78. The van der Waals surface area contributed by atoms with Gasteiger partial charge in [-0.15, -0.1) is 11.3 Å². The molecule has 0 fully saturated rings. The highest BCUT2D eigenvalue weighted by Gasteiger charge is 2.15. The van der Waals surface area contributed by atoms with Crippen LogP contribution in [0.4, 0.5) is 0 Å². The Balaban J connectivity index is 1.83. The van der Waals surface area contributed by atoms with E-state index in [1.165, 1.54) is 4.70 Å². The third-order valence-electron chi connectivity index (χ3n) is 3.20. The summed E-state index contributed by atoms with van der Waals surface area (Å²) < 4.78 is 7.00. The second kappa shape index (κ2) is 4.21. The van der Waals surface area contributed by atoms with Gasteiger partial charge < -0.3 is 4.74 Å². The van der Waals surface area contributed by atoms with Gasteiger partial charge in [0.1, 0.15) is 17.4 Å². The van der Waals surface area contributed by atoms with Gasteiger partial charge >= 0.3 is 0 Å². The second-order valence-electron chi connectivity index (χ2n) is 4.48. The van der Waals surface area contributed by atoms with Gasteiger partial charge in [0, 0.05) is 11.1 Å². The van der Waals surface area contributed by atoms with Gasteiger partial charge in [-0.05, 0) is 24.3 Å². The van der Waals surface area contributed by atoms with Gasteiger partial charge in [0.15, 0.2) is 0 Å². The fourth-order valence-electron chi connectivity index (χ4n) is 2.25. The van der Waals surface area contributed by atoms with Crippen molar-refractivity contribution in [3.8, 4) is 5.75 Å². The van der Waals surface area contributed by atoms with Crippen LogP contribution >= 0.6 is 11.3 Å². The lowest BCUT2D eigenvalue weighted by molar-refractivity contribution is 0.366. The van der Waals surface area contributed by atoms with Crippen molar-refractivity contribution in [3.05, 3.63) is 59.1 Å². The average molecular weight is 265 g/mol. The van der Waals surface area contributed by atoms with E-state index in [1.807, 2.05) is 36.4 Å². The molecule has 0 saturated carbocycles. The van der Waals surface area contributed by atoms with Gasteiger partial charge in [-0.1, -0.05) is 30.3 Å². The van der Waals surface area contributed by atoms with E-state index in [1.54, 1.807) is 11.3 Å². The molecule has 0 aliphatic carbocycles. The molecule has 0 amide bonds. The van der Waals surface area contributed by atoms with Crippen molar-refractivity contribution < 1.29 is 4.74 Å². The van der Waals surface area contributed by atoms with E-state index in [2.05, 4.69) is 23.2 Å². The van der Waals surface area contributed by atoms with Crippen LogP contribution < -0.4 is 4.74 Å². The molecule has 0 spiro atoms. The molecule has 1 aliphatic heterocycles. The zero-order chi connectivity index (χ0) is 12.7. The lowest BCUT2D eigenvalue weighted by Crippen LogP contribution is -2.06. The number of aromatic nitrogens is 1. The molecule has 3 aromatic rings. The van der Waals surface area contributed by atoms with Crippen LogP contribution in [-0.4, -0.2) is 11.6 Å². The van der Waals surface area contributed by atoms with Crippen LogP contribution in [0.1, 0.15) is 10.6 Å². The summed E-state index contributed by atoms with van der Waals surface area (Å²) in [6.07, 6.45) is 2.18.